The first-order valence-corrected chi connectivity index (χ1v) is 13.5. The number of ether oxygens (including phenoxy) is 2. The van der Waals surface area contributed by atoms with Gasteiger partial charge in [-0.3, -0.25) is 19.2 Å². The number of ketones is 1. The van der Waals surface area contributed by atoms with Gasteiger partial charge < -0.3 is 14.6 Å². The summed E-state index contributed by atoms with van der Waals surface area (Å²) < 4.78 is 11.6. The number of hydrogen-bond donors (Lipinski definition) is 1. The van der Waals surface area contributed by atoms with Crippen molar-refractivity contribution < 1.29 is 33.8 Å². The number of esters is 2. The Balaban J connectivity index is 1.65. The van der Waals surface area contributed by atoms with E-state index in [1.807, 2.05) is 0 Å². The molecule has 196 valence electrons. The Hall–Kier alpha value is -1.92. The molecule has 4 aliphatic rings. The summed E-state index contributed by atoms with van der Waals surface area (Å²) in [6, 6.07) is 0. The molecule has 7 nitrogen and oxygen atoms in total. The Labute approximate surface area is 208 Å². The smallest absolute Gasteiger partial charge is 0.303 e. The SMILES string of the molecule is CC(=O)O[C@@H]1CC[C@@]2(C)[C@H](CC(=O)[C@H]3[C@H]2C[C@H](OC(C)=O)[C@]2(C)[C@@H]([C@@H](C)CCC(=O)O)CC[C@@H]32)C1. The van der Waals surface area contributed by atoms with Crippen LogP contribution in [0.4, 0.5) is 0 Å². The van der Waals surface area contributed by atoms with Crippen LogP contribution < -0.4 is 0 Å². The third-order valence-corrected chi connectivity index (χ3v) is 10.7. The molecule has 35 heavy (non-hydrogen) atoms. The molecule has 4 fully saturated rings. The highest BCUT2D eigenvalue weighted by Crippen LogP contribution is 2.68. The number of hydrogen-bond acceptors (Lipinski definition) is 6. The van der Waals surface area contributed by atoms with E-state index in [9.17, 15) is 24.3 Å². The van der Waals surface area contributed by atoms with E-state index in [0.717, 1.165) is 32.1 Å². The van der Waals surface area contributed by atoms with Gasteiger partial charge in [-0.05, 0) is 80.0 Å². The van der Waals surface area contributed by atoms with E-state index in [-0.39, 0.29) is 76.9 Å². The predicted octanol–water partition coefficient (Wildman–Crippen LogP) is 4.80. The average Bonchev–Trinajstić information content (AvgIpc) is 3.11. The molecular weight excluding hydrogens is 448 g/mol. The summed E-state index contributed by atoms with van der Waals surface area (Å²) in [6.45, 7) is 9.53. The molecule has 0 aromatic rings. The fourth-order valence-electron chi connectivity index (χ4n) is 9.07. The molecule has 0 aromatic heterocycles. The first-order valence-electron chi connectivity index (χ1n) is 13.5. The van der Waals surface area contributed by atoms with Crippen LogP contribution in [0.25, 0.3) is 0 Å². The molecule has 0 radical (unpaired) electrons. The molecule has 1 N–H and O–H groups in total. The summed E-state index contributed by atoms with van der Waals surface area (Å²) >= 11 is 0. The monoisotopic (exact) mass is 490 g/mol. The van der Waals surface area contributed by atoms with Crippen molar-refractivity contribution in [3.8, 4) is 0 Å². The maximum Gasteiger partial charge on any atom is 0.303 e. The topological polar surface area (TPSA) is 107 Å². The third kappa shape index (κ3) is 4.53. The third-order valence-electron chi connectivity index (χ3n) is 10.7. The highest BCUT2D eigenvalue weighted by Gasteiger charge is 2.67. The minimum atomic E-state index is -0.789. The first-order chi connectivity index (χ1) is 16.4. The lowest BCUT2D eigenvalue weighted by atomic mass is 9.43. The Bertz CT molecular complexity index is 883. The van der Waals surface area contributed by atoms with Gasteiger partial charge in [-0.15, -0.1) is 0 Å². The molecule has 0 saturated heterocycles. The van der Waals surface area contributed by atoms with Crippen molar-refractivity contribution in [3.63, 3.8) is 0 Å². The lowest BCUT2D eigenvalue weighted by molar-refractivity contribution is -0.197. The number of aliphatic carboxylic acids is 1. The lowest BCUT2D eigenvalue weighted by Crippen LogP contribution is -2.62. The average molecular weight is 491 g/mol. The normalized spacial score (nSPS) is 43.3. The standard InChI is InChI=1S/C28H42O7/c1-15(6-9-25(32)33)20-7-8-21-26-22(14-24(28(20,21)5)35-17(3)30)27(4)11-10-19(34-16(2)29)12-18(27)13-23(26)31/h15,18-22,24,26H,6-14H2,1-5H3,(H,32,33)/t15-,18-,19+,20+,21-,22+,24-,26+,27-,28+/m0/s1. The van der Waals surface area contributed by atoms with Crippen molar-refractivity contribution in [2.45, 2.75) is 105 Å². The van der Waals surface area contributed by atoms with Crippen LogP contribution in [0.15, 0.2) is 0 Å². The van der Waals surface area contributed by atoms with Crippen LogP contribution in [0.1, 0.15) is 92.4 Å². The fourth-order valence-corrected chi connectivity index (χ4v) is 9.07. The van der Waals surface area contributed by atoms with Gasteiger partial charge in [-0.2, -0.15) is 0 Å². The highest BCUT2D eigenvalue weighted by molar-refractivity contribution is 5.83. The van der Waals surface area contributed by atoms with E-state index < -0.39 is 5.97 Å². The largest absolute Gasteiger partial charge is 0.481 e. The van der Waals surface area contributed by atoms with Gasteiger partial charge in [0.15, 0.2) is 0 Å². The van der Waals surface area contributed by atoms with Gasteiger partial charge >= 0.3 is 17.9 Å². The van der Waals surface area contributed by atoms with Crippen LogP contribution in [0.2, 0.25) is 0 Å². The fraction of sp³-hybridized carbons (Fsp3) is 0.857. The predicted molar refractivity (Wildman–Crippen MR) is 128 cm³/mol. The van der Waals surface area contributed by atoms with Gasteiger partial charge in [0.25, 0.3) is 0 Å². The van der Waals surface area contributed by atoms with E-state index >= 15 is 0 Å². The number of rotatable bonds is 6. The molecule has 0 heterocycles. The van der Waals surface area contributed by atoms with E-state index in [0.29, 0.717) is 25.0 Å². The summed E-state index contributed by atoms with van der Waals surface area (Å²) in [5.74, 6) is -0.233. The maximum atomic E-state index is 13.8. The van der Waals surface area contributed by atoms with E-state index in [1.54, 1.807) is 0 Å². The van der Waals surface area contributed by atoms with Crippen molar-refractivity contribution >= 4 is 23.7 Å². The van der Waals surface area contributed by atoms with Crippen molar-refractivity contribution in [2.24, 2.45) is 46.3 Å². The zero-order chi connectivity index (χ0) is 25.7. The second-order valence-corrected chi connectivity index (χ2v) is 12.4. The van der Waals surface area contributed by atoms with Gasteiger partial charge in [0.1, 0.15) is 18.0 Å². The van der Waals surface area contributed by atoms with Gasteiger partial charge in [-0.25, -0.2) is 0 Å². The summed E-state index contributed by atoms with van der Waals surface area (Å²) in [6.07, 6.45) is 5.80. The molecule has 4 aliphatic carbocycles. The van der Waals surface area contributed by atoms with Crippen LogP contribution in [-0.4, -0.2) is 41.0 Å². The second kappa shape index (κ2) is 9.51. The van der Waals surface area contributed by atoms with Gasteiger partial charge in [0.2, 0.25) is 0 Å². The molecule has 4 rings (SSSR count). The van der Waals surface area contributed by atoms with Crippen molar-refractivity contribution in [1.82, 2.24) is 0 Å². The highest BCUT2D eigenvalue weighted by atomic mass is 16.5. The Kier molecular flexibility index (Phi) is 7.11. The Morgan fingerprint density at radius 2 is 1.71 bits per heavy atom. The number of Topliss-reactive ketones (excluding diaryl/α,β-unsaturated/α-hetero) is 1. The van der Waals surface area contributed by atoms with E-state index in [4.69, 9.17) is 9.47 Å². The molecule has 0 bridgehead atoms. The molecule has 10 atom stereocenters. The zero-order valence-corrected chi connectivity index (χ0v) is 21.9. The molecule has 0 unspecified atom stereocenters. The summed E-state index contributed by atoms with van der Waals surface area (Å²) in [5, 5.41) is 9.23. The maximum absolute atomic E-state index is 13.8. The molecular formula is C28H42O7. The summed E-state index contributed by atoms with van der Waals surface area (Å²) in [7, 11) is 0. The van der Waals surface area contributed by atoms with E-state index in [1.165, 1.54) is 13.8 Å². The lowest BCUT2D eigenvalue weighted by Gasteiger charge is -2.62. The number of carboxylic acids is 1. The summed E-state index contributed by atoms with van der Waals surface area (Å²) in [4.78, 5) is 48.8. The van der Waals surface area contributed by atoms with Crippen LogP contribution in [0.3, 0.4) is 0 Å². The first kappa shape index (κ1) is 26.2. The molecule has 0 amide bonds. The Morgan fingerprint density at radius 3 is 2.34 bits per heavy atom. The number of fused-ring (bicyclic) bond motifs is 5. The van der Waals surface area contributed by atoms with Gasteiger partial charge in [0.05, 0.1) is 0 Å². The quantitative estimate of drug-likeness (QED) is 0.533. The molecule has 0 spiro atoms. The second-order valence-electron chi connectivity index (χ2n) is 12.4. The number of carbonyl (C=O) groups excluding carboxylic acids is 3. The molecule has 7 heteroatoms. The van der Waals surface area contributed by atoms with Crippen molar-refractivity contribution in [3.05, 3.63) is 0 Å². The minimum Gasteiger partial charge on any atom is -0.481 e. The van der Waals surface area contributed by atoms with Crippen LogP contribution in [0.5, 0.6) is 0 Å². The van der Waals surface area contributed by atoms with Crippen LogP contribution in [0, 0.1) is 46.3 Å². The van der Waals surface area contributed by atoms with Gasteiger partial charge in [0, 0.05) is 38.0 Å². The van der Waals surface area contributed by atoms with Crippen molar-refractivity contribution in [1.29, 1.82) is 0 Å². The number of carboxylic acid groups (broad SMARTS) is 1. The van der Waals surface area contributed by atoms with E-state index in [2.05, 4.69) is 20.8 Å². The summed E-state index contributed by atoms with van der Waals surface area (Å²) in [5.41, 5.74) is -0.388. The van der Waals surface area contributed by atoms with Crippen molar-refractivity contribution in [2.75, 3.05) is 0 Å². The molecule has 4 saturated carbocycles. The van der Waals surface area contributed by atoms with Gasteiger partial charge in [-0.1, -0.05) is 20.8 Å². The zero-order valence-electron chi connectivity index (χ0n) is 21.9. The number of carbonyl (C=O) groups is 4. The molecule has 0 aromatic carbocycles. The van der Waals surface area contributed by atoms with Crippen LogP contribution in [-0.2, 0) is 28.7 Å². The molecule has 0 aliphatic heterocycles. The minimum absolute atomic E-state index is 0.0463. The van der Waals surface area contributed by atoms with Crippen LogP contribution >= 0.6 is 0 Å². The Morgan fingerprint density at radius 1 is 1.03 bits per heavy atom.